The van der Waals surface area contributed by atoms with E-state index < -0.39 is 0 Å². The molecule has 1 aromatic carbocycles. The molecular formula is C16H17N3O. The number of piperidine rings is 1. The van der Waals surface area contributed by atoms with Crippen LogP contribution in [0, 0.1) is 17.2 Å². The molecule has 1 atom stereocenters. The second-order valence-corrected chi connectivity index (χ2v) is 5.29. The van der Waals surface area contributed by atoms with Gasteiger partial charge in [0, 0.05) is 31.3 Å². The Morgan fingerprint density at radius 2 is 2.25 bits per heavy atom. The SMILES string of the molecule is N#Cc1cnc2ccccc2c1N1CCCC(CO)C1. The van der Waals surface area contributed by atoms with Crippen LogP contribution in [-0.2, 0) is 0 Å². The third kappa shape index (κ3) is 2.21. The molecule has 2 heterocycles. The van der Waals surface area contributed by atoms with Crippen molar-refractivity contribution in [2.24, 2.45) is 5.92 Å². The summed E-state index contributed by atoms with van der Waals surface area (Å²) in [6.45, 7) is 1.94. The van der Waals surface area contributed by atoms with Gasteiger partial charge in [0.15, 0.2) is 0 Å². The maximum Gasteiger partial charge on any atom is 0.103 e. The van der Waals surface area contributed by atoms with Gasteiger partial charge in [0.25, 0.3) is 0 Å². The average Bonchev–Trinajstić information content (AvgIpc) is 2.53. The highest BCUT2D eigenvalue weighted by molar-refractivity contribution is 5.94. The molecule has 0 bridgehead atoms. The second-order valence-electron chi connectivity index (χ2n) is 5.29. The van der Waals surface area contributed by atoms with E-state index in [4.69, 9.17) is 0 Å². The zero-order chi connectivity index (χ0) is 13.9. The molecule has 1 aliphatic rings. The van der Waals surface area contributed by atoms with E-state index in [0.29, 0.717) is 11.5 Å². The lowest BCUT2D eigenvalue weighted by Crippen LogP contribution is -2.37. The number of benzene rings is 1. The Morgan fingerprint density at radius 3 is 3.05 bits per heavy atom. The van der Waals surface area contributed by atoms with E-state index in [1.54, 1.807) is 6.20 Å². The van der Waals surface area contributed by atoms with Gasteiger partial charge >= 0.3 is 0 Å². The molecule has 4 heteroatoms. The number of fused-ring (bicyclic) bond motifs is 1. The van der Waals surface area contributed by atoms with Crippen LogP contribution in [0.25, 0.3) is 10.9 Å². The summed E-state index contributed by atoms with van der Waals surface area (Å²) in [4.78, 5) is 6.58. The highest BCUT2D eigenvalue weighted by Crippen LogP contribution is 2.32. The molecule has 1 N–H and O–H groups in total. The monoisotopic (exact) mass is 267 g/mol. The summed E-state index contributed by atoms with van der Waals surface area (Å²) in [5.74, 6) is 0.294. The van der Waals surface area contributed by atoms with Crippen LogP contribution >= 0.6 is 0 Å². The third-order valence-corrected chi connectivity index (χ3v) is 3.96. The zero-order valence-electron chi connectivity index (χ0n) is 11.3. The van der Waals surface area contributed by atoms with E-state index in [0.717, 1.165) is 42.5 Å². The lowest BCUT2D eigenvalue weighted by Gasteiger charge is -2.34. The lowest BCUT2D eigenvalue weighted by molar-refractivity contribution is 0.209. The number of para-hydroxylation sites is 1. The van der Waals surface area contributed by atoms with E-state index in [-0.39, 0.29) is 6.61 Å². The van der Waals surface area contributed by atoms with Gasteiger partial charge in [-0.3, -0.25) is 4.98 Å². The lowest BCUT2D eigenvalue weighted by atomic mass is 9.97. The minimum atomic E-state index is 0.210. The van der Waals surface area contributed by atoms with Crippen molar-refractivity contribution in [2.75, 3.05) is 24.6 Å². The summed E-state index contributed by atoms with van der Waals surface area (Å²) < 4.78 is 0. The van der Waals surface area contributed by atoms with Crippen LogP contribution in [0.2, 0.25) is 0 Å². The molecule has 0 amide bonds. The first-order valence-corrected chi connectivity index (χ1v) is 6.97. The third-order valence-electron chi connectivity index (χ3n) is 3.96. The van der Waals surface area contributed by atoms with Gasteiger partial charge < -0.3 is 10.0 Å². The van der Waals surface area contributed by atoms with Gasteiger partial charge in [-0.15, -0.1) is 0 Å². The van der Waals surface area contributed by atoms with Gasteiger partial charge in [0.2, 0.25) is 0 Å². The molecule has 0 aliphatic carbocycles. The smallest absolute Gasteiger partial charge is 0.103 e. The number of nitriles is 1. The summed E-state index contributed by atoms with van der Waals surface area (Å²) >= 11 is 0. The van der Waals surface area contributed by atoms with Crippen molar-refractivity contribution >= 4 is 16.6 Å². The van der Waals surface area contributed by atoms with Gasteiger partial charge in [-0.2, -0.15) is 5.26 Å². The molecule has 2 aromatic rings. The van der Waals surface area contributed by atoms with Gasteiger partial charge in [-0.05, 0) is 24.8 Å². The molecule has 1 unspecified atom stereocenters. The molecule has 1 fully saturated rings. The van der Waals surface area contributed by atoms with E-state index in [2.05, 4.69) is 16.0 Å². The van der Waals surface area contributed by atoms with Crippen LogP contribution in [0.1, 0.15) is 18.4 Å². The number of hydrogen-bond acceptors (Lipinski definition) is 4. The standard InChI is InChI=1S/C16H17N3O/c17-8-13-9-18-15-6-2-1-5-14(15)16(13)19-7-3-4-12(10-19)11-20/h1-2,5-6,9,12,20H,3-4,7,10-11H2. The summed E-state index contributed by atoms with van der Waals surface area (Å²) in [5.41, 5.74) is 2.49. The Morgan fingerprint density at radius 1 is 1.40 bits per heavy atom. The number of anilines is 1. The van der Waals surface area contributed by atoms with Crippen molar-refractivity contribution < 1.29 is 5.11 Å². The highest BCUT2D eigenvalue weighted by atomic mass is 16.3. The predicted molar refractivity (Wildman–Crippen MR) is 78.5 cm³/mol. The van der Waals surface area contributed by atoms with Gasteiger partial charge in [-0.1, -0.05) is 18.2 Å². The first kappa shape index (κ1) is 12.9. The maximum absolute atomic E-state index is 9.39. The highest BCUT2D eigenvalue weighted by Gasteiger charge is 2.23. The number of rotatable bonds is 2. The van der Waals surface area contributed by atoms with Crippen LogP contribution in [0.5, 0.6) is 0 Å². The molecule has 0 radical (unpaired) electrons. The number of pyridine rings is 1. The van der Waals surface area contributed by atoms with E-state index in [1.165, 1.54) is 0 Å². The first-order chi connectivity index (χ1) is 9.83. The van der Waals surface area contributed by atoms with Crippen molar-refractivity contribution in [1.82, 2.24) is 4.98 Å². The minimum absolute atomic E-state index is 0.210. The molecular weight excluding hydrogens is 250 g/mol. The quantitative estimate of drug-likeness (QED) is 0.907. The summed E-state index contributed by atoms with van der Waals surface area (Å²) in [7, 11) is 0. The van der Waals surface area contributed by atoms with Crippen molar-refractivity contribution in [2.45, 2.75) is 12.8 Å². The normalized spacial score (nSPS) is 19.0. The van der Waals surface area contributed by atoms with Crippen molar-refractivity contribution in [3.8, 4) is 6.07 Å². The van der Waals surface area contributed by atoms with Crippen LogP contribution in [0.15, 0.2) is 30.5 Å². The van der Waals surface area contributed by atoms with Crippen LogP contribution in [-0.4, -0.2) is 29.8 Å². The number of aromatic nitrogens is 1. The Bertz CT molecular complexity index is 662. The Kier molecular flexibility index (Phi) is 3.53. The number of nitrogens with zero attached hydrogens (tertiary/aromatic N) is 3. The first-order valence-electron chi connectivity index (χ1n) is 6.97. The fourth-order valence-corrected chi connectivity index (χ4v) is 2.97. The van der Waals surface area contributed by atoms with Crippen LogP contribution in [0.4, 0.5) is 5.69 Å². The number of aliphatic hydroxyl groups is 1. The zero-order valence-corrected chi connectivity index (χ0v) is 11.3. The Balaban J connectivity index is 2.11. The number of aliphatic hydroxyl groups excluding tert-OH is 1. The fraction of sp³-hybridized carbons (Fsp3) is 0.375. The maximum atomic E-state index is 9.39. The van der Waals surface area contributed by atoms with Crippen LogP contribution < -0.4 is 4.90 Å². The summed E-state index contributed by atoms with van der Waals surface area (Å²) in [6, 6.07) is 10.2. The topological polar surface area (TPSA) is 60.2 Å². The van der Waals surface area contributed by atoms with E-state index in [1.807, 2.05) is 24.3 Å². The molecule has 102 valence electrons. The molecule has 1 aliphatic heterocycles. The van der Waals surface area contributed by atoms with Gasteiger partial charge in [0.05, 0.1) is 16.8 Å². The van der Waals surface area contributed by atoms with Crippen molar-refractivity contribution in [1.29, 1.82) is 5.26 Å². The molecule has 1 aromatic heterocycles. The summed E-state index contributed by atoms with van der Waals surface area (Å²) in [5, 5.41) is 19.8. The van der Waals surface area contributed by atoms with E-state index in [9.17, 15) is 10.4 Å². The molecule has 3 rings (SSSR count). The predicted octanol–water partition coefficient (Wildman–Crippen LogP) is 2.32. The van der Waals surface area contributed by atoms with Crippen molar-refractivity contribution in [3.05, 3.63) is 36.0 Å². The Labute approximate surface area is 118 Å². The molecule has 0 spiro atoms. The molecule has 0 saturated carbocycles. The van der Waals surface area contributed by atoms with E-state index >= 15 is 0 Å². The van der Waals surface area contributed by atoms with Gasteiger partial charge in [-0.25, -0.2) is 0 Å². The minimum Gasteiger partial charge on any atom is -0.396 e. The largest absolute Gasteiger partial charge is 0.396 e. The van der Waals surface area contributed by atoms with Crippen LogP contribution in [0.3, 0.4) is 0 Å². The molecule has 20 heavy (non-hydrogen) atoms. The second kappa shape index (κ2) is 5.48. The Hall–Kier alpha value is -2.12. The molecule has 1 saturated heterocycles. The fourth-order valence-electron chi connectivity index (χ4n) is 2.97. The molecule has 4 nitrogen and oxygen atoms in total. The number of hydrogen-bond donors (Lipinski definition) is 1. The van der Waals surface area contributed by atoms with Gasteiger partial charge in [0.1, 0.15) is 6.07 Å². The summed E-state index contributed by atoms with van der Waals surface area (Å²) in [6.07, 6.45) is 3.75. The van der Waals surface area contributed by atoms with Crippen molar-refractivity contribution in [3.63, 3.8) is 0 Å². The average molecular weight is 267 g/mol.